The summed E-state index contributed by atoms with van der Waals surface area (Å²) in [5.41, 5.74) is 0.964. The van der Waals surface area contributed by atoms with Crippen molar-refractivity contribution in [1.82, 2.24) is 4.98 Å². The van der Waals surface area contributed by atoms with E-state index in [4.69, 9.17) is 11.6 Å². The molecular formula is C11H15ClN2S. The minimum atomic E-state index is 0.496. The van der Waals surface area contributed by atoms with E-state index >= 15 is 0 Å². The van der Waals surface area contributed by atoms with Crippen LogP contribution in [0.15, 0.2) is 18.2 Å². The molecule has 0 aliphatic carbocycles. The first-order chi connectivity index (χ1) is 7.40. The lowest BCUT2D eigenvalue weighted by Crippen LogP contribution is -2.26. The average Bonchev–Trinajstić information content (AvgIpc) is 2.58. The van der Waals surface area contributed by atoms with Gasteiger partial charge in [0, 0.05) is 18.8 Å². The molecule has 0 amide bonds. The van der Waals surface area contributed by atoms with E-state index in [1.165, 1.54) is 17.9 Å². The van der Waals surface area contributed by atoms with Gasteiger partial charge in [-0.05, 0) is 24.3 Å². The monoisotopic (exact) mass is 242 g/mol. The van der Waals surface area contributed by atoms with Crippen molar-refractivity contribution in [3.05, 3.63) is 23.9 Å². The zero-order valence-electron chi connectivity index (χ0n) is 8.66. The molecule has 0 unspecified atom stereocenters. The number of thioether (sulfide) groups is 1. The Bertz CT molecular complexity index is 311. The van der Waals surface area contributed by atoms with Crippen LogP contribution in [0.3, 0.4) is 0 Å². The van der Waals surface area contributed by atoms with E-state index in [-0.39, 0.29) is 0 Å². The molecule has 2 heterocycles. The summed E-state index contributed by atoms with van der Waals surface area (Å²) in [6, 6.07) is 6.09. The molecule has 1 fully saturated rings. The normalized spacial score (nSPS) is 17.5. The summed E-state index contributed by atoms with van der Waals surface area (Å²) in [6.07, 6.45) is 1.25. The maximum Gasteiger partial charge on any atom is 0.128 e. The van der Waals surface area contributed by atoms with Crippen molar-refractivity contribution in [2.75, 3.05) is 29.5 Å². The minimum Gasteiger partial charge on any atom is -0.356 e. The van der Waals surface area contributed by atoms with E-state index in [9.17, 15) is 0 Å². The van der Waals surface area contributed by atoms with Crippen LogP contribution < -0.4 is 4.90 Å². The fraction of sp³-hybridized carbons (Fsp3) is 0.545. The van der Waals surface area contributed by atoms with Gasteiger partial charge in [-0.3, -0.25) is 0 Å². The van der Waals surface area contributed by atoms with Gasteiger partial charge >= 0.3 is 0 Å². The highest BCUT2D eigenvalue weighted by Crippen LogP contribution is 2.17. The molecular weight excluding hydrogens is 228 g/mol. The Morgan fingerprint density at radius 3 is 3.13 bits per heavy atom. The number of rotatable bonds is 2. The van der Waals surface area contributed by atoms with Gasteiger partial charge in [-0.25, -0.2) is 4.98 Å². The van der Waals surface area contributed by atoms with Crippen molar-refractivity contribution in [3.8, 4) is 0 Å². The van der Waals surface area contributed by atoms with Gasteiger partial charge in [-0.15, -0.1) is 11.6 Å². The third-order valence-electron chi connectivity index (χ3n) is 2.48. The predicted octanol–water partition coefficient (Wildman–Crippen LogP) is 2.76. The molecule has 2 rings (SSSR count). The molecule has 0 saturated carbocycles. The maximum atomic E-state index is 5.78. The number of halogens is 1. The predicted molar refractivity (Wildman–Crippen MR) is 67.9 cm³/mol. The summed E-state index contributed by atoms with van der Waals surface area (Å²) >= 11 is 7.81. The van der Waals surface area contributed by atoms with Crippen LogP contribution >= 0.6 is 23.4 Å². The van der Waals surface area contributed by atoms with Crippen LogP contribution in [0.1, 0.15) is 12.1 Å². The second-order valence-corrected chi connectivity index (χ2v) is 5.07. The molecule has 0 atom stereocenters. The lowest BCUT2D eigenvalue weighted by atomic mass is 10.3. The summed E-state index contributed by atoms with van der Waals surface area (Å²) in [5, 5.41) is 0. The number of pyridine rings is 1. The van der Waals surface area contributed by atoms with Crippen molar-refractivity contribution < 1.29 is 0 Å². The van der Waals surface area contributed by atoms with Crippen LogP contribution in [0.5, 0.6) is 0 Å². The summed E-state index contributed by atoms with van der Waals surface area (Å²) in [7, 11) is 0. The van der Waals surface area contributed by atoms with Gasteiger partial charge in [0.1, 0.15) is 5.82 Å². The zero-order valence-corrected chi connectivity index (χ0v) is 10.2. The zero-order chi connectivity index (χ0) is 10.5. The molecule has 1 aromatic heterocycles. The van der Waals surface area contributed by atoms with Crippen molar-refractivity contribution >= 4 is 29.2 Å². The Hall–Kier alpha value is -0.410. The summed E-state index contributed by atoms with van der Waals surface area (Å²) in [4.78, 5) is 6.90. The highest BCUT2D eigenvalue weighted by molar-refractivity contribution is 7.99. The second kappa shape index (κ2) is 5.61. The Labute approximate surface area is 100 Å². The number of aromatic nitrogens is 1. The van der Waals surface area contributed by atoms with Gasteiger partial charge in [0.2, 0.25) is 0 Å². The van der Waals surface area contributed by atoms with E-state index in [0.29, 0.717) is 5.88 Å². The SMILES string of the molecule is ClCc1cccc(N2CCCSCC2)n1. The van der Waals surface area contributed by atoms with Gasteiger partial charge in [0.25, 0.3) is 0 Å². The molecule has 1 aliphatic rings. The first-order valence-corrected chi connectivity index (χ1v) is 6.93. The van der Waals surface area contributed by atoms with E-state index in [0.717, 1.165) is 24.6 Å². The molecule has 2 nitrogen and oxygen atoms in total. The van der Waals surface area contributed by atoms with E-state index in [2.05, 4.69) is 16.0 Å². The number of hydrogen-bond acceptors (Lipinski definition) is 3. The molecule has 0 spiro atoms. The molecule has 82 valence electrons. The average molecular weight is 243 g/mol. The standard InChI is InChI=1S/C11H15ClN2S/c12-9-10-3-1-4-11(13-10)14-5-2-7-15-8-6-14/h1,3-4H,2,5-9H2. The molecule has 1 aromatic rings. The maximum absolute atomic E-state index is 5.78. The molecule has 0 N–H and O–H groups in total. The fourth-order valence-corrected chi connectivity index (χ4v) is 2.73. The Morgan fingerprint density at radius 1 is 1.33 bits per heavy atom. The van der Waals surface area contributed by atoms with Crippen LogP contribution in [0.2, 0.25) is 0 Å². The molecule has 1 saturated heterocycles. The third kappa shape index (κ3) is 3.02. The van der Waals surface area contributed by atoms with Gasteiger partial charge in [0.15, 0.2) is 0 Å². The molecule has 0 aromatic carbocycles. The Balaban J connectivity index is 2.12. The fourth-order valence-electron chi connectivity index (χ4n) is 1.69. The van der Waals surface area contributed by atoms with E-state index < -0.39 is 0 Å². The van der Waals surface area contributed by atoms with Crippen molar-refractivity contribution in [3.63, 3.8) is 0 Å². The third-order valence-corrected chi connectivity index (χ3v) is 3.80. The second-order valence-electron chi connectivity index (χ2n) is 3.57. The Kier molecular flexibility index (Phi) is 4.15. The molecule has 15 heavy (non-hydrogen) atoms. The quantitative estimate of drug-likeness (QED) is 0.742. The molecule has 0 radical (unpaired) electrons. The smallest absolute Gasteiger partial charge is 0.128 e. The molecule has 1 aliphatic heterocycles. The van der Waals surface area contributed by atoms with Crippen molar-refractivity contribution in [2.24, 2.45) is 0 Å². The summed E-state index contributed by atoms with van der Waals surface area (Å²) in [6.45, 7) is 2.22. The van der Waals surface area contributed by atoms with Gasteiger partial charge in [0.05, 0.1) is 11.6 Å². The molecule has 4 heteroatoms. The van der Waals surface area contributed by atoms with E-state index in [1.54, 1.807) is 0 Å². The topological polar surface area (TPSA) is 16.1 Å². The lowest BCUT2D eigenvalue weighted by Gasteiger charge is -2.21. The van der Waals surface area contributed by atoms with Crippen molar-refractivity contribution in [2.45, 2.75) is 12.3 Å². The first kappa shape index (κ1) is 11.1. The largest absolute Gasteiger partial charge is 0.356 e. The van der Waals surface area contributed by atoms with Gasteiger partial charge in [-0.1, -0.05) is 6.07 Å². The number of alkyl halides is 1. The summed E-state index contributed by atoms with van der Waals surface area (Å²) in [5.74, 6) is 4.05. The lowest BCUT2D eigenvalue weighted by molar-refractivity contribution is 0.798. The Morgan fingerprint density at radius 2 is 2.27 bits per heavy atom. The van der Waals surface area contributed by atoms with Crippen LogP contribution in [0.4, 0.5) is 5.82 Å². The number of nitrogens with zero attached hydrogens (tertiary/aromatic N) is 2. The van der Waals surface area contributed by atoms with Crippen LogP contribution in [0.25, 0.3) is 0 Å². The van der Waals surface area contributed by atoms with Crippen LogP contribution in [-0.4, -0.2) is 29.6 Å². The number of hydrogen-bond donors (Lipinski definition) is 0. The van der Waals surface area contributed by atoms with Crippen molar-refractivity contribution in [1.29, 1.82) is 0 Å². The summed E-state index contributed by atoms with van der Waals surface area (Å²) < 4.78 is 0. The number of anilines is 1. The van der Waals surface area contributed by atoms with Gasteiger partial charge < -0.3 is 4.90 Å². The highest BCUT2D eigenvalue weighted by Gasteiger charge is 2.10. The first-order valence-electron chi connectivity index (χ1n) is 5.25. The van der Waals surface area contributed by atoms with Crippen LogP contribution in [0, 0.1) is 0 Å². The van der Waals surface area contributed by atoms with Crippen LogP contribution in [-0.2, 0) is 5.88 Å². The minimum absolute atomic E-state index is 0.496. The highest BCUT2D eigenvalue weighted by atomic mass is 35.5. The molecule has 0 bridgehead atoms. The van der Waals surface area contributed by atoms with E-state index in [1.807, 2.05) is 23.9 Å². The van der Waals surface area contributed by atoms with Gasteiger partial charge in [-0.2, -0.15) is 11.8 Å².